The van der Waals surface area contributed by atoms with E-state index in [-0.39, 0.29) is 16.3 Å². The number of ether oxygens (including phenoxy) is 1. The summed E-state index contributed by atoms with van der Waals surface area (Å²) in [5, 5.41) is 19.0. The molecule has 0 atom stereocenters. The SMILES string of the molecule is COc1c(O)cc(F)c(Cl)c1C(C)(C)O. The minimum Gasteiger partial charge on any atom is -0.504 e. The van der Waals surface area contributed by atoms with Gasteiger partial charge in [0.15, 0.2) is 11.5 Å². The number of aliphatic hydroxyl groups is 1. The minimum atomic E-state index is -1.40. The fourth-order valence-corrected chi connectivity index (χ4v) is 1.72. The van der Waals surface area contributed by atoms with Gasteiger partial charge in [-0.1, -0.05) is 11.6 Å². The molecular weight excluding hydrogens is 223 g/mol. The first kappa shape index (κ1) is 12.1. The number of halogens is 2. The first-order valence-corrected chi connectivity index (χ1v) is 4.64. The molecule has 0 aliphatic heterocycles. The fourth-order valence-electron chi connectivity index (χ4n) is 1.35. The highest BCUT2D eigenvalue weighted by Gasteiger charge is 2.28. The van der Waals surface area contributed by atoms with Crippen LogP contribution in [0.3, 0.4) is 0 Å². The van der Waals surface area contributed by atoms with Gasteiger partial charge < -0.3 is 14.9 Å². The van der Waals surface area contributed by atoms with Gasteiger partial charge in [0.1, 0.15) is 5.82 Å². The van der Waals surface area contributed by atoms with Gasteiger partial charge in [-0.05, 0) is 13.8 Å². The lowest BCUT2D eigenvalue weighted by molar-refractivity contribution is 0.0748. The Bertz CT molecular complexity index is 385. The molecule has 0 spiro atoms. The van der Waals surface area contributed by atoms with E-state index in [0.29, 0.717) is 0 Å². The van der Waals surface area contributed by atoms with Crippen LogP contribution in [0.5, 0.6) is 11.5 Å². The average Bonchev–Trinajstić information content (AvgIpc) is 2.08. The Hall–Kier alpha value is -1.00. The van der Waals surface area contributed by atoms with E-state index in [2.05, 4.69) is 0 Å². The van der Waals surface area contributed by atoms with E-state index in [9.17, 15) is 14.6 Å². The Kier molecular flexibility index (Phi) is 3.11. The highest BCUT2D eigenvalue weighted by Crippen LogP contribution is 2.42. The van der Waals surface area contributed by atoms with Gasteiger partial charge in [0.05, 0.1) is 23.3 Å². The molecule has 0 radical (unpaired) electrons. The molecule has 0 saturated heterocycles. The van der Waals surface area contributed by atoms with Crippen molar-refractivity contribution in [2.45, 2.75) is 19.4 Å². The van der Waals surface area contributed by atoms with E-state index in [0.717, 1.165) is 6.07 Å². The van der Waals surface area contributed by atoms with Crippen LogP contribution in [0, 0.1) is 5.82 Å². The molecule has 0 unspecified atom stereocenters. The Morgan fingerprint density at radius 2 is 2.00 bits per heavy atom. The molecule has 3 nitrogen and oxygen atoms in total. The van der Waals surface area contributed by atoms with E-state index >= 15 is 0 Å². The molecule has 0 fully saturated rings. The minimum absolute atomic E-state index is 0.0195. The van der Waals surface area contributed by atoms with Crippen LogP contribution in [-0.4, -0.2) is 17.3 Å². The van der Waals surface area contributed by atoms with Gasteiger partial charge in [-0.25, -0.2) is 4.39 Å². The Balaban J connectivity index is 3.59. The maximum Gasteiger partial charge on any atom is 0.168 e. The lowest BCUT2D eigenvalue weighted by atomic mass is 9.96. The molecule has 84 valence electrons. The molecule has 2 N–H and O–H groups in total. The van der Waals surface area contributed by atoms with Crippen molar-refractivity contribution in [3.05, 3.63) is 22.5 Å². The molecule has 0 heterocycles. The third-order valence-corrected chi connectivity index (χ3v) is 2.34. The van der Waals surface area contributed by atoms with Crippen molar-refractivity contribution in [2.75, 3.05) is 7.11 Å². The van der Waals surface area contributed by atoms with Gasteiger partial charge in [0.25, 0.3) is 0 Å². The number of phenols is 1. The van der Waals surface area contributed by atoms with Gasteiger partial charge in [0, 0.05) is 6.07 Å². The van der Waals surface area contributed by atoms with Gasteiger partial charge in [-0.15, -0.1) is 0 Å². The molecule has 1 rings (SSSR count). The maximum absolute atomic E-state index is 13.2. The summed E-state index contributed by atoms with van der Waals surface area (Å²) in [6.45, 7) is 2.85. The van der Waals surface area contributed by atoms with E-state index in [1.807, 2.05) is 0 Å². The second-order valence-corrected chi connectivity index (χ2v) is 4.04. The first-order valence-electron chi connectivity index (χ1n) is 4.26. The summed E-state index contributed by atoms with van der Waals surface area (Å²) in [6.07, 6.45) is 0. The quantitative estimate of drug-likeness (QED) is 0.826. The lowest BCUT2D eigenvalue weighted by Crippen LogP contribution is -2.18. The number of phenolic OH excluding ortho intramolecular Hbond substituents is 1. The zero-order valence-corrected chi connectivity index (χ0v) is 9.39. The molecule has 1 aromatic carbocycles. The van der Waals surface area contributed by atoms with Crippen molar-refractivity contribution in [2.24, 2.45) is 0 Å². The zero-order chi connectivity index (χ0) is 11.8. The molecular formula is C10H12ClFO3. The molecule has 0 aliphatic rings. The fraction of sp³-hybridized carbons (Fsp3) is 0.400. The van der Waals surface area contributed by atoms with E-state index < -0.39 is 17.2 Å². The van der Waals surface area contributed by atoms with Gasteiger partial charge in [0.2, 0.25) is 0 Å². The number of hydrogen-bond donors (Lipinski definition) is 2. The van der Waals surface area contributed by atoms with Gasteiger partial charge in [-0.3, -0.25) is 0 Å². The van der Waals surface area contributed by atoms with Crippen molar-refractivity contribution in [3.63, 3.8) is 0 Å². The van der Waals surface area contributed by atoms with Crippen molar-refractivity contribution < 1.29 is 19.3 Å². The summed E-state index contributed by atoms with van der Waals surface area (Å²) < 4.78 is 18.1. The van der Waals surface area contributed by atoms with Crippen molar-refractivity contribution >= 4 is 11.6 Å². The van der Waals surface area contributed by atoms with Gasteiger partial charge in [-0.2, -0.15) is 0 Å². The van der Waals surface area contributed by atoms with Crippen LogP contribution in [0.1, 0.15) is 19.4 Å². The molecule has 5 heteroatoms. The second-order valence-electron chi connectivity index (χ2n) is 3.66. The Morgan fingerprint density at radius 3 is 2.40 bits per heavy atom. The highest BCUT2D eigenvalue weighted by atomic mass is 35.5. The standard InChI is InChI=1S/C10H12ClFO3/c1-10(2,14)7-8(11)5(12)4-6(13)9(7)15-3/h4,13-14H,1-3H3. The van der Waals surface area contributed by atoms with Crippen LogP contribution in [-0.2, 0) is 5.60 Å². The molecule has 15 heavy (non-hydrogen) atoms. The third kappa shape index (κ3) is 2.16. The molecule has 0 bridgehead atoms. The summed E-state index contributed by atoms with van der Waals surface area (Å²) >= 11 is 5.71. The second kappa shape index (κ2) is 3.87. The monoisotopic (exact) mass is 234 g/mol. The van der Waals surface area contributed by atoms with Crippen LogP contribution in [0.25, 0.3) is 0 Å². The average molecular weight is 235 g/mol. The van der Waals surface area contributed by atoms with E-state index in [1.165, 1.54) is 21.0 Å². The highest BCUT2D eigenvalue weighted by molar-refractivity contribution is 6.32. The predicted molar refractivity (Wildman–Crippen MR) is 54.9 cm³/mol. The van der Waals surface area contributed by atoms with Crippen molar-refractivity contribution in [1.29, 1.82) is 0 Å². The summed E-state index contributed by atoms with van der Waals surface area (Å²) in [5.41, 5.74) is -1.37. The molecule has 0 aliphatic carbocycles. The van der Waals surface area contributed by atoms with E-state index in [4.69, 9.17) is 16.3 Å². The van der Waals surface area contributed by atoms with Crippen LogP contribution in [0.15, 0.2) is 6.07 Å². The van der Waals surface area contributed by atoms with Crippen molar-refractivity contribution in [3.8, 4) is 11.5 Å². The normalized spacial score (nSPS) is 11.6. The molecule has 1 aromatic rings. The van der Waals surface area contributed by atoms with Gasteiger partial charge >= 0.3 is 0 Å². The summed E-state index contributed by atoms with van der Waals surface area (Å²) in [5.74, 6) is -1.21. The maximum atomic E-state index is 13.2. The van der Waals surface area contributed by atoms with Crippen molar-refractivity contribution in [1.82, 2.24) is 0 Å². The number of benzene rings is 1. The number of rotatable bonds is 2. The molecule has 0 aromatic heterocycles. The van der Waals surface area contributed by atoms with Crippen LogP contribution >= 0.6 is 11.6 Å². The van der Waals surface area contributed by atoms with Crippen LogP contribution in [0.4, 0.5) is 4.39 Å². The summed E-state index contributed by atoms with van der Waals surface area (Å²) in [4.78, 5) is 0. The topological polar surface area (TPSA) is 49.7 Å². The number of aromatic hydroxyl groups is 1. The number of methoxy groups -OCH3 is 1. The summed E-state index contributed by atoms with van der Waals surface area (Å²) in [6, 6.07) is 0.844. The van der Waals surface area contributed by atoms with Crippen LogP contribution < -0.4 is 4.74 Å². The molecule has 0 amide bonds. The smallest absolute Gasteiger partial charge is 0.168 e. The Morgan fingerprint density at radius 1 is 1.47 bits per heavy atom. The number of hydrogen-bond acceptors (Lipinski definition) is 3. The van der Waals surface area contributed by atoms with E-state index in [1.54, 1.807) is 0 Å². The zero-order valence-electron chi connectivity index (χ0n) is 8.64. The first-order chi connectivity index (χ1) is 6.79. The predicted octanol–water partition coefficient (Wildman–Crippen LogP) is 2.42. The van der Waals surface area contributed by atoms with Crippen LogP contribution in [0.2, 0.25) is 5.02 Å². The summed E-state index contributed by atoms with van der Waals surface area (Å²) in [7, 11) is 1.30. The third-order valence-electron chi connectivity index (χ3n) is 1.97. The Labute approximate surface area is 92.1 Å². The largest absolute Gasteiger partial charge is 0.504 e. The molecule has 0 saturated carbocycles. The lowest BCUT2D eigenvalue weighted by Gasteiger charge is -2.23.